The summed E-state index contributed by atoms with van der Waals surface area (Å²) in [5.74, 6) is -5.06. The van der Waals surface area contributed by atoms with E-state index < -0.39 is 41.8 Å². The molecule has 1 aliphatic heterocycles. The molecule has 0 unspecified atom stereocenters. The first-order valence-electron chi connectivity index (χ1n) is 7.70. The largest absolute Gasteiger partial charge is 0.548 e. The minimum Gasteiger partial charge on any atom is -0.548 e. The summed E-state index contributed by atoms with van der Waals surface area (Å²) in [5.41, 5.74) is -0.210. The van der Waals surface area contributed by atoms with E-state index >= 15 is 0 Å². The van der Waals surface area contributed by atoms with E-state index in [0.29, 0.717) is 4.90 Å². The molecule has 0 saturated carbocycles. The summed E-state index contributed by atoms with van der Waals surface area (Å²) < 4.78 is 14.3. The van der Waals surface area contributed by atoms with Crippen LogP contribution in [0.3, 0.4) is 0 Å². The van der Waals surface area contributed by atoms with Crippen molar-refractivity contribution in [2.45, 2.75) is 6.04 Å². The molecular weight excluding hydrogens is 341 g/mol. The van der Waals surface area contributed by atoms with E-state index in [-0.39, 0.29) is 16.7 Å². The molecule has 1 saturated heterocycles. The Morgan fingerprint density at radius 1 is 1.08 bits per heavy atom. The van der Waals surface area contributed by atoms with Gasteiger partial charge >= 0.3 is 0 Å². The third-order valence-corrected chi connectivity index (χ3v) is 4.09. The number of benzene rings is 2. The monoisotopic (exact) mass is 354 g/mol. The second-order valence-electron chi connectivity index (χ2n) is 5.69. The lowest BCUT2D eigenvalue weighted by atomic mass is 9.95. The summed E-state index contributed by atoms with van der Waals surface area (Å²) in [6.07, 6.45) is 0. The van der Waals surface area contributed by atoms with Gasteiger partial charge in [0.25, 0.3) is 11.7 Å². The molecule has 2 aromatic carbocycles. The van der Waals surface area contributed by atoms with Gasteiger partial charge in [-0.1, -0.05) is 48.5 Å². The van der Waals surface area contributed by atoms with Gasteiger partial charge in [-0.05, 0) is 6.07 Å². The molecule has 7 heteroatoms. The van der Waals surface area contributed by atoms with E-state index in [1.165, 1.54) is 30.3 Å². The highest BCUT2D eigenvalue weighted by Gasteiger charge is 2.46. The van der Waals surface area contributed by atoms with Crippen molar-refractivity contribution in [3.8, 4) is 0 Å². The summed E-state index contributed by atoms with van der Waals surface area (Å²) in [4.78, 5) is 36.5. The van der Waals surface area contributed by atoms with Gasteiger partial charge in [0, 0.05) is 11.1 Å². The van der Waals surface area contributed by atoms with E-state index in [4.69, 9.17) is 0 Å². The number of ketones is 1. The number of hydrogen-bond acceptors (Lipinski definition) is 5. The molecule has 132 valence electrons. The Balaban J connectivity index is 2.24. The van der Waals surface area contributed by atoms with E-state index in [1.807, 2.05) is 0 Å². The molecule has 0 aliphatic carbocycles. The van der Waals surface area contributed by atoms with Crippen molar-refractivity contribution in [2.75, 3.05) is 6.54 Å². The van der Waals surface area contributed by atoms with Crippen molar-refractivity contribution >= 4 is 23.4 Å². The average molecular weight is 354 g/mol. The summed E-state index contributed by atoms with van der Waals surface area (Å²) >= 11 is 0. The Bertz CT molecular complexity index is 923. The Morgan fingerprint density at radius 3 is 2.31 bits per heavy atom. The molecule has 1 amide bonds. The topological polar surface area (TPSA) is 97.7 Å². The Morgan fingerprint density at radius 2 is 1.69 bits per heavy atom. The van der Waals surface area contributed by atoms with Gasteiger partial charge in [0.15, 0.2) is 0 Å². The number of carbonyl (C=O) groups is 3. The average Bonchev–Trinajstić information content (AvgIpc) is 2.87. The molecule has 0 radical (unpaired) electrons. The van der Waals surface area contributed by atoms with Gasteiger partial charge in [-0.25, -0.2) is 4.39 Å². The van der Waals surface area contributed by atoms with Crippen LogP contribution in [0.2, 0.25) is 0 Å². The Kier molecular flexibility index (Phi) is 4.53. The van der Waals surface area contributed by atoms with Crippen LogP contribution >= 0.6 is 0 Å². The number of nitrogens with zero attached hydrogens (tertiary/aromatic N) is 1. The van der Waals surface area contributed by atoms with Crippen molar-refractivity contribution in [1.29, 1.82) is 0 Å². The predicted molar refractivity (Wildman–Crippen MR) is 86.9 cm³/mol. The maximum Gasteiger partial charge on any atom is 0.295 e. The van der Waals surface area contributed by atoms with E-state index in [9.17, 15) is 29.0 Å². The van der Waals surface area contributed by atoms with E-state index in [2.05, 4.69) is 0 Å². The van der Waals surface area contributed by atoms with Gasteiger partial charge in [-0.3, -0.25) is 9.59 Å². The van der Waals surface area contributed by atoms with Crippen molar-refractivity contribution in [2.24, 2.45) is 0 Å². The van der Waals surface area contributed by atoms with Crippen LogP contribution in [0.5, 0.6) is 0 Å². The van der Waals surface area contributed by atoms with Gasteiger partial charge < -0.3 is 19.9 Å². The van der Waals surface area contributed by atoms with Gasteiger partial charge in [0.05, 0.1) is 24.1 Å². The van der Waals surface area contributed by atoms with Gasteiger partial charge in [-0.2, -0.15) is 0 Å². The van der Waals surface area contributed by atoms with Crippen LogP contribution in [0.1, 0.15) is 17.2 Å². The van der Waals surface area contributed by atoms with Crippen LogP contribution in [0.25, 0.3) is 5.76 Å². The van der Waals surface area contributed by atoms with Crippen LogP contribution in [0.4, 0.5) is 4.39 Å². The smallest absolute Gasteiger partial charge is 0.295 e. The highest BCUT2D eigenvalue weighted by atomic mass is 19.1. The number of aliphatic hydroxyl groups excluding tert-OH is 1. The zero-order chi connectivity index (χ0) is 18.8. The molecule has 1 fully saturated rings. The third-order valence-electron chi connectivity index (χ3n) is 4.09. The van der Waals surface area contributed by atoms with Gasteiger partial charge in [-0.15, -0.1) is 0 Å². The molecule has 26 heavy (non-hydrogen) atoms. The number of amides is 1. The fourth-order valence-corrected chi connectivity index (χ4v) is 2.95. The number of aliphatic hydroxyl groups is 1. The first kappa shape index (κ1) is 17.3. The summed E-state index contributed by atoms with van der Waals surface area (Å²) in [6.45, 7) is -0.908. The molecule has 2 aromatic rings. The molecule has 6 nitrogen and oxygen atoms in total. The molecule has 1 aliphatic rings. The fraction of sp³-hybridized carbons (Fsp3) is 0.105. The van der Waals surface area contributed by atoms with Crippen LogP contribution in [-0.4, -0.2) is 34.2 Å². The molecule has 1 heterocycles. The molecular formula is C19H13FNO5-. The van der Waals surface area contributed by atoms with Crippen molar-refractivity contribution in [1.82, 2.24) is 4.90 Å². The number of rotatable bonds is 4. The summed E-state index contributed by atoms with van der Waals surface area (Å²) in [5, 5.41) is 21.6. The predicted octanol–water partition coefficient (Wildman–Crippen LogP) is 0.997. The lowest BCUT2D eigenvalue weighted by Gasteiger charge is -2.25. The van der Waals surface area contributed by atoms with Crippen LogP contribution < -0.4 is 5.11 Å². The van der Waals surface area contributed by atoms with Gasteiger partial charge in [0.2, 0.25) is 0 Å². The zero-order valence-corrected chi connectivity index (χ0v) is 13.4. The highest BCUT2D eigenvalue weighted by molar-refractivity contribution is 6.46. The number of hydrogen-bond donors (Lipinski definition) is 1. The van der Waals surface area contributed by atoms with Crippen molar-refractivity contribution in [3.05, 3.63) is 77.1 Å². The number of Topliss-reactive ketones (excluding diaryl/α,β-unsaturated/α-hetero) is 1. The fourth-order valence-electron chi connectivity index (χ4n) is 2.95. The molecule has 3 rings (SSSR count). The van der Waals surface area contributed by atoms with E-state index in [1.54, 1.807) is 18.2 Å². The number of carbonyl (C=O) groups excluding carboxylic acids is 3. The minimum atomic E-state index is -1.60. The maximum absolute atomic E-state index is 14.3. The van der Waals surface area contributed by atoms with Gasteiger partial charge in [0.1, 0.15) is 11.6 Å². The molecule has 0 aromatic heterocycles. The summed E-state index contributed by atoms with van der Waals surface area (Å²) in [6, 6.07) is 11.9. The highest BCUT2D eigenvalue weighted by Crippen LogP contribution is 2.39. The third kappa shape index (κ3) is 2.95. The number of aliphatic carboxylic acids is 1. The molecule has 1 atom stereocenters. The Labute approximate surface area is 147 Å². The zero-order valence-electron chi connectivity index (χ0n) is 13.4. The number of halogens is 1. The van der Waals surface area contributed by atoms with Crippen LogP contribution in [0, 0.1) is 5.82 Å². The first-order valence-corrected chi connectivity index (χ1v) is 7.70. The quantitative estimate of drug-likeness (QED) is 0.502. The number of carboxylic acids is 1. The number of carboxylic acid groups (broad SMARTS) is 1. The normalized spacial score (nSPS) is 19.0. The maximum atomic E-state index is 14.3. The Hall–Kier alpha value is -3.48. The first-order chi connectivity index (χ1) is 12.4. The molecule has 0 spiro atoms. The second kappa shape index (κ2) is 6.79. The molecule has 0 bridgehead atoms. The minimum absolute atomic E-state index is 0.0922. The van der Waals surface area contributed by atoms with Crippen molar-refractivity contribution in [3.63, 3.8) is 0 Å². The SMILES string of the molecule is O=C([O-])CN1C(=O)C(=O)/C(=C(/O)c2ccccc2)[C@H]1c1ccccc1F. The molecule has 1 N–H and O–H groups in total. The van der Waals surface area contributed by atoms with Crippen molar-refractivity contribution < 1.29 is 29.0 Å². The lowest BCUT2D eigenvalue weighted by Crippen LogP contribution is -2.40. The second-order valence-corrected chi connectivity index (χ2v) is 5.69. The summed E-state index contributed by atoms with van der Waals surface area (Å²) in [7, 11) is 0. The van der Waals surface area contributed by atoms with Crippen LogP contribution in [-0.2, 0) is 14.4 Å². The van der Waals surface area contributed by atoms with Crippen LogP contribution in [0.15, 0.2) is 60.2 Å². The lowest BCUT2D eigenvalue weighted by molar-refractivity contribution is -0.306. The standard InChI is InChI=1S/C19H14FNO5/c20-13-9-5-4-8-12(13)16-15(17(24)11-6-2-1-3-7-11)18(25)19(26)21(16)10-14(22)23/h1-9,16,24H,10H2,(H,22,23)/p-1/b17-15+/t16-/m1/s1. The van der Waals surface area contributed by atoms with E-state index in [0.717, 1.165) is 6.07 Å². The number of likely N-dealkylation sites (tertiary alicyclic amines) is 1.